The van der Waals surface area contributed by atoms with Crippen molar-refractivity contribution < 1.29 is 5.21 Å². The van der Waals surface area contributed by atoms with Crippen molar-refractivity contribution in [2.24, 2.45) is 10.6 Å². The monoisotopic (exact) mass is 218 g/mol. The van der Waals surface area contributed by atoms with Crippen LogP contribution in [-0.2, 0) is 0 Å². The highest BCUT2D eigenvalue weighted by atomic mass is 16.4. The topological polar surface area (TPSA) is 63.3 Å². The van der Waals surface area contributed by atoms with E-state index in [1.165, 1.54) is 0 Å². The summed E-state index contributed by atoms with van der Waals surface area (Å²) in [5.41, 5.74) is 1.32. The molecule has 1 heterocycles. The lowest BCUT2D eigenvalue weighted by Gasteiger charge is -2.19. The van der Waals surface area contributed by atoms with E-state index >= 15 is 0 Å². The minimum Gasteiger partial charge on any atom is -0.409 e. The fraction of sp³-hybridized carbons (Fsp3) is 0.364. The summed E-state index contributed by atoms with van der Waals surface area (Å²) in [4.78, 5) is 0. The van der Waals surface area contributed by atoms with Crippen LogP contribution in [0.5, 0.6) is 0 Å². The van der Waals surface area contributed by atoms with Crippen LogP contribution < -0.4 is 0 Å². The molecule has 0 saturated carbocycles. The number of oxime groups is 1. The quantitative estimate of drug-likeness (QED) is 0.319. The number of para-hydroxylation sites is 1. The van der Waals surface area contributed by atoms with Gasteiger partial charge in [0.25, 0.3) is 0 Å². The Hall–Kier alpha value is -1.91. The Bertz CT molecular complexity index is 536. The second kappa shape index (κ2) is 3.59. The highest BCUT2D eigenvalue weighted by Crippen LogP contribution is 2.20. The van der Waals surface area contributed by atoms with Crippen LogP contribution in [0.25, 0.3) is 11.0 Å². The minimum atomic E-state index is -0.300. The Morgan fingerprint density at radius 3 is 2.62 bits per heavy atom. The van der Waals surface area contributed by atoms with Gasteiger partial charge in [0.1, 0.15) is 5.52 Å². The smallest absolute Gasteiger partial charge is 0.176 e. The largest absolute Gasteiger partial charge is 0.409 e. The van der Waals surface area contributed by atoms with Gasteiger partial charge in [0.15, 0.2) is 5.84 Å². The summed E-state index contributed by atoms with van der Waals surface area (Å²) in [6.07, 6.45) is 0. The van der Waals surface area contributed by atoms with Crippen LogP contribution in [0.2, 0.25) is 0 Å². The van der Waals surface area contributed by atoms with Crippen LogP contribution in [0, 0.1) is 5.41 Å². The summed E-state index contributed by atoms with van der Waals surface area (Å²) < 4.78 is 1.56. The summed E-state index contributed by atoms with van der Waals surface area (Å²) in [6.45, 7) is 5.87. The summed E-state index contributed by atoms with van der Waals surface area (Å²) in [5.74, 6) is 0.473. The zero-order valence-corrected chi connectivity index (χ0v) is 9.55. The number of hydrogen-bond donors (Lipinski definition) is 1. The van der Waals surface area contributed by atoms with E-state index in [1.54, 1.807) is 4.68 Å². The van der Waals surface area contributed by atoms with Gasteiger partial charge in [-0.1, -0.05) is 43.3 Å². The number of hydrogen-bond acceptors (Lipinski definition) is 4. The third-order valence-electron chi connectivity index (χ3n) is 2.32. The first-order chi connectivity index (χ1) is 7.54. The van der Waals surface area contributed by atoms with Crippen molar-refractivity contribution in [3.05, 3.63) is 24.3 Å². The van der Waals surface area contributed by atoms with Gasteiger partial charge in [0, 0.05) is 5.41 Å². The van der Waals surface area contributed by atoms with Crippen molar-refractivity contribution in [3.8, 4) is 0 Å². The van der Waals surface area contributed by atoms with Gasteiger partial charge in [-0.05, 0) is 12.1 Å². The summed E-state index contributed by atoms with van der Waals surface area (Å²) in [7, 11) is 0. The number of fused-ring (bicyclic) bond motifs is 1. The fourth-order valence-electron chi connectivity index (χ4n) is 1.54. The average molecular weight is 218 g/mol. The van der Waals surface area contributed by atoms with Crippen molar-refractivity contribution in [1.29, 1.82) is 0 Å². The Kier molecular flexibility index (Phi) is 2.38. The molecule has 0 aliphatic heterocycles. The van der Waals surface area contributed by atoms with E-state index in [0.717, 1.165) is 11.0 Å². The second-order valence-electron chi connectivity index (χ2n) is 4.66. The first-order valence-corrected chi connectivity index (χ1v) is 5.07. The summed E-state index contributed by atoms with van der Waals surface area (Å²) >= 11 is 0. The summed E-state index contributed by atoms with van der Waals surface area (Å²) in [6, 6.07) is 7.57. The van der Waals surface area contributed by atoms with Crippen LogP contribution in [0.3, 0.4) is 0 Å². The molecule has 0 saturated heterocycles. The van der Waals surface area contributed by atoms with Crippen molar-refractivity contribution in [2.45, 2.75) is 20.8 Å². The van der Waals surface area contributed by atoms with E-state index in [9.17, 15) is 0 Å². The molecular formula is C11H14N4O. The molecule has 0 amide bonds. The number of aromatic nitrogens is 3. The van der Waals surface area contributed by atoms with E-state index in [2.05, 4.69) is 15.5 Å². The first-order valence-electron chi connectivity index (χ1n) is 5.07. The van der Waals surface area contributed by atoms with Crippen molar-refractivity contribution in [2.75, 3.05) is 0 Å². The maximum Gasteiger partial charge on any atom is 0.176 e. The van der Waals surface area contributed by atoms with Crippen LogP contribution in [-0.4, -0.2) is 26.0 Å². The first kappa shape index (κ1) is 10.6. The number of rotatable bonds is 0. The molecule has 84 valence electrons. The van der Waals surface area contributed by atoms with E-state index in [4.69, 9.17) is 5.21 Å². The zero-order chi connectivity index (χ0) is 11.8. The van der Waals surface area contributed by atoms with Gasteiger partial charge in [-0.2, -0.15) is 4.68 Å². The predicted molar refractivity (Wildman–Crippen MR) is 61.6 cm³/mol. The number of nitrogens with zero attached hydrogens (tertiary/aromatic N) is 4. The maximum absolute atomic E-state index is 9.09. The highest BCUT2D eigenvalue weighted by molar-refractivity contribution is 5.94. The van der Waals surface area contributed by atoms with Gasteiger partial charge in [-0.25, -0.2) is 0 Å². The molecule has 1 aromatic carbocycles. The molecule has 1 N–H and O–H groups in total. The fourth-order valence-corrected chi connectivity index (χ4v) is 1.54. The molecule has 0 radical (unpaired) electrons. The molecule has 0 aliphatic carbocycles. The SMILES string of the molecule is CC(C)(C)C(=NO)n1nnc2ccccc21. The normalized spacial score (nSPS) is 13.3. The van der Waals surface area contributed by atoms with Crippen molar-refractivity contribution in [1.82, 2.24) is 15.0 Å². The lowest BCUT2D eigenvalue weighted by Crippen LogP contribution is -2.28. The Labute approximate surface area is 93.4 Å². The van der Waals surface area contributed by atoms with Gasteiger partial charge in [0.05, 0.1) is 5.52 Å². The molecule has 5 nitrogen and oxygen atoms in total. The molecular weight excluding hydrogens is 204 g/mol. The molecule has 2 aromatic rings. The number of benzene rings is 1. The van der Waals surface area contributed by atoms with E-state index in [1.807, 2.05) is 45.0 Å². The van der Waals surface area contributed by atoms with Crippen LogP contribution in [0.1, 0.15) is 20.8 Å². The van der Waals surface area contributed by atoms with Gasteiger partial charge in [-0.15, -0.1) is 5.10 Å². The average Bonchev–Trinajstić information content (AvgIpc) is 2.61. The lowest BCUT2D eigenvalue weighted by molar-refractivity contribution is 0.306. The molecule has 2 rings (SSSR count). The van der Waals surface area contributed by atoms with Gasteiger partial charge in [0.2, 0.25) is 0 Å². The van der Waals surface area contributed by atoms with Crippen molar-refractivity contribution >= 4 is 16.9 Å². The lowest BCUT2D eigenvalue weighted by atomic mass is 9.95. The molecule has 0 unspecified atom stereocenters. The van der Waals surface area contributed by atoms with Gasteiger partial charge >= 0.3 is 0 Å². The van der Waals surface area contributed by atoms with E-state index < -0.39 is 0 Å². The predicted octanol–water partition coefficient (Wildman–Crippen LogP) is 2.11. The molecule has 0 aliphatic rings. The van der Waals surface area contributed by atoms with Crippen LogP contribution in [0.15, 0.2) is 29.4 Å². The second-order valence-corrected chi connectivity index (χ2v) is 4.66. The van der Waals surface area contributed by atoms with Gasteiger partial charge < -0.3 is 5.21 Å². The van der Waals surface area contributed by atoms with Crippen LogP contribution >= 0.6 is 0 Å². The maximum atomic E-state index is 9.09. The zero-order valence-electron chi connectivity index (χ0n) is 9.55. The molecule has 16 heavy (non-hydrogen) atoms. The minimum absolute atomic E-state index is 0.300. The summed E-state index contributed by atoms with van der Waals surface area (Å²) in [5, 5.41) is 20.5. The van der Waals surface area contributed by atoms with Gasteiger partial charge in [-0.3, -0.25) is 0 Å². The molecule has 0 spiro atoms. The molecule has 0 fully saturated rings. The van der Waals surface area contributed by atoms with E-state index in [0.29, 0.717) is 5.84 Å². The third kappa shape index (κ3) is 1.64. The Balaban J connectivity index is 2.64. The molecule has 1 aromatic heterocycles. The van der Waals surface area contributed by atoms with E-state index in [-0.39, 0.29) is 5.41 Å². The Morgan fingerprint density at radius 1 is 1.31 bits per heavy atom. The molecule has 5 heteroatoms. The Morgan fingerprint density at radius 2 is 2.00 bits per heavy atom. The molecule has 0 bridgehead atoms. The third-order valence-corrected chi connectivity index (χ3v) is 2.32. The van der Waals surface area contributed by atoms with Crippen LogP contribution in [0.4, 0.5) is 0 Å². The molecule has 0 atom stereocenters. The highest BCUT2D eigenvalue weighted by Gasteiger charge is 2.24. The van der Waals surface area contributed by atoms with Crippen molar-refractivity contribution in [3.63, 3.8) is 0 Å². The standard InChI is InChI=1S/C11H14N4O/c1-11(2,3)10(13-16)15-9-7-5-4-6-8(9)12-14-15/h4-7,16H,1-3H3.